The number of carbonyl (C=O) groups is 3. The highest BCUT2D eigenvalue weighted by atomic mass is 16.2. The van der Waals surface area contributed by atoms with Crippen molar-refractivity contribution in [3.05, 3.63) is 47.5 Å². The Balaban J connectivity index is 1.16. The second-order valence-corrected chi connectivity index (χ2v) is 10.7. The number of imide groups is 1. The molecule has 7 nitrogen and oxygen atoms in total. The van der Waals surface area contributed by atoms with Crippen LogP contribution in [0.25, 0.3) is 0 Å². The Bertz CT molecular complexity index is 1010. The smallest absolute Gasteiger partial charge is 0.325 e. The zero-order valence-electron chi connectivity index (χ0n) is 19.7. The first kappa shape index (κ1) is 21.8. The molecule has 34 heavy (non-hydrogen) atoms. The fourth-order valence-electron chi connectivity index (χ4n) is 7.18. The van der Waals surface area contributed by atoms with Crippen LogP contribution in [0.15, 0.2) is 42.0 Å². The fraction of sp³-hybridized carbons (Fsp3) is 0.593. The summed E-state index contributed by atoms with van der Waals surface area (Å²) in [5, 5.41) is 2.76. The summed E-state index contributed by atoms with van der Waals surface area (Å²) in [4.78, 5) is 45.0. The van der Waals surface area contributed by atoms with Crippen LogP contribution in [0.3, 0.4) is 0 Å². The number of piperidine rings is 3. The molecule has 1 aromatic carbocycles. The molecule has 0 aromatic heterocycles. The van der Waals surface area contributed by atoms with E-state index in [1.165, 1.54) is 42.7 Å². The van der Waals surface area contributed by atoms with Gasteiger partial charge < -0.3 is 10.2 Å². The Morgan fingerprint density at radius 1 is 1.06 bits per heavy atom. The van der Waals surface area contributed by atoms with Crippen molar-refractivity contribution < 1.29 is 14.4 Å². The highest BCUT2D eigenvalue weighted by Gasteiger charge is 2.48. The minimum absolute atomic E-state index is 0.00460. The molecular formula is C27H34N4O3. The van der Waals surface area contributed by atoms with Crippen LogP contribution in [0.2, 0.25) is 0 Å². The number of carbonyl (C=O) groups excluding carboxylic acids is 3. The van der Waals surface area contributed by atoms with Gasteiger partial charge in [0.25, 0.3) is 5.91 Å². The standard InChI is InChI=1S/C27H34N4O3/c32-24(15-22-26(33)31(27(34)28-22)16-18-7-2-1-3-8-18)30-12-6-9-19-13-20-14-21(25(19)30)17-29-11-5-4-10-23(20)29/h1-3,7-8,13,20-23,25H,4-6,9-12,14-17H2,(H,28,34)/t20-,21-,22+,23-,25-/m0/s1. The van der Waals surface area contributed by atoms with Gasteiger partial charge in [-0.25, -0.2) is 4.79 Å². The third-order valence-corrected chi connectivity index (χ3v) is 8.65. The second kappa shape index (κ2) is 8.84. The molecule has 6 rings (SSSR count). The van der Waals surface area contributed by atoms with Crippen LogP contribution in [-0.2, 0) is 16.1 Å². The maximum atomic E-state index is 13.5. The summed E-state index contributed by atoms with van der Waals surface area (Å²) < 4.78 is 0. The predicted molar refractivity (Wildman–Crippen MR) is 128 cm³/mol. The van der Waals surface area contributed by atoms with E-state index in [0.717, 1.165) is 31.5 Å². The van der Waals surface area contributed by atoms with Gasteiger partial charge in [0.1, 0.15) is 6.04 Å². The molecule has 1 N–H and O–H groups in total. The Morgan fingerprint density at radius 3 is 2.76 bits per heavy atom. The first-order valence-electron chi connectivity index (χ1n) is 13.0. The molecule has 7 heteroatoms. The number of fused-ring (bicyclic) bond motifs is 6. The van der Waals surface area contributed by atoms with Gasteiger partial charge in [-0.3, -0.25) is 19.4 Å². The molecule has 180 valence electrons. The van der Waals surface area contributed by atoms with Gasteiger partial charge in [-0.1, -0.05) is 48.4 Å². The van der Waals surface area contributed by atoms with Gasteiger partial charge in [0.15, 0.2) is 0 Å². The van der Waals surface area contributed by atoms with Crippen molar-refractivity contribution in [2.45, 2.75) is 69.6 Å². The topological polar surface area (TPSA) is 73.0 Å². The maximum absolute atomic E-state index is 13.5. The first-order valence-corrected chi connectivity index (χ1v) is 13.0. The number of nitrogens with zero attached hydrogens (tertiary/aromatic N) is 3. The van der Waals surface area contributed by atoms with E-state index in [0.29, 0.717) is 17.9 Å². The molecule has 0 unspecified atom stereocenters. The van der Waals surface area contributed by atoms with E-state index in [1.807, 2.05) is 35.2 Å². The van der Waals surface area contributed by atoms with E-state index in [9.17, 15) is 14.4 Å². The van der Waals surface area contributed by atoms with Crippen molar-refractivity contribution in [3.8, 4) is 0 Å². The average molecular weight is 463 g/mol. The van der Waals surface area contributed by atoms with Crippen LogP contribution < -0.4 is 5.32 Å². The molecule has 4 fully saturated rings. The van der Waals surface area contributed by atoms with E-state index in [2.05, 4.69) is 16.3 Å². The Hall–Kier alpha value is -2.67. The number of rotatable bonds is 4. The Kier molecular flexibility index (Phi) is 5.68. The third kappa shape index (κ3) is 3.84. The lowest BCUT2D eigenvalue weighted by Crippen LogP contribution is -2.60. The van der Waals surface area contributed by atoms with Crippen molar-refractivity contribution in [1.29, 1.82) is 0 Å². The van der Waals surface area contributed by atoms with Crippen LogP contribution in [0.5, 0.6) is 0 Å². The third-order valence-electron chi connectivity index (χ3n) is 8.65. The van der Waals surface area contributed by atoms with Crippen molar-refractivity contribution in [1.82, 2.24) is 20.0 Å². The minimum atomic E-state index is -0.771. The van der Waals surface area contributed by atoms with Crippen LogP contribution >= 0.6 is 0 Å². The molecular weight excluding hydrogens is 428 g/mol. The first-order chi connectivity index (χ1) is 16.6. The normalized spacial score (nSPS) is 33.2. The molecule has 4 aliphatic heterocycles. The number of nitrogens with one attached hydrogen (secondary N) is 1. The van der Waals surface area contributed by atoms with Gasteiger partial charge >= 0.3 is 6.03 Å². The second-order valence-electron chi connectivity index (χ2n) is 10.7. The van der Waals surface area contributed by atoms with Gasteiger partial charge in [0.2, 0.25) is 5.91 Å². The predicted octanol–water partition coefficient (Wildman–Crippen LogP) is 2.92. The summed E-state index contributed by atoms with van der Waals surface area (Å²) in [6.45, 7) is 3.24. The molecule has 4 amide bonds. The van der Waals surface area contributed by atoms with Crippen molar-refractivity contribution >= 4 is 17.8 Å². The quantitative estimate of drug-likeness (QED) is 0.552. The molecule has 0 spiro atoms. The van der Waals surface area contributed by atoms with Crippen molar-refractivity contribution in [2.24, 2.45) is 11.8 Å². The summed E-state index contributed by atoms with van der Waals surface area (Å²) in [6.07, 6.45) is 9.70. The summed E-state index contributed by atoms with van der Waals surface area (Å²) in [5.74, 6) is 0.803. The number of hydrogen-bond donors (Lipinski definition) is 1. The highest BCUT2D eigenvalue weighted by Crippen LogP contribution is 2.45. The highest BCUT2D eigenvalue weighted by molar-refractivity contribution is 6.05. The number of amides is 4. The van der Waals surface area contributed by atoms with Gasteiger partial charge in [-0.15, -0.1) is 0 Å². The molecule has 5 atom stereocenters. The summed E-state index contributed by atoms with van der Waals surface area (Å²) in [5.41, 5.74) is 2.34. The summed E-state index contributed by atoms with van der Waals surface area (Å²) >= 11 is 0. The van der Waals surface area contributed by atoms with Crippen LogP contribution in [0.1, 0.15) is 50.5 Å². The maximum Gasteiger partial charge on any atom is 0.325 e. The molecule has 4 heterocycles. The van der Waals surface area contributed by atoms with Gasteiger partial charge in [0, 0.05) is 19.1 Å². The SMILES string of the molecule is O=C1N[C@H](CC(=O)N2CCCC3=C[C@H]4C[C@@H](CN5CCCC[C@@H]45)[C@H]32)C(=O)N1Cc1ccccc1. The average Bonchev–Trinajstić information content (AvgIpc) is 3.11. The molecule has 1 aromatic rings. The van der Waals surface area contributed by atoms with Crippen LogP contribution in [0, 0.1) is 11.8 Å². The van der Waals surface area contributed by atoms with E-state index < -0.39 is 12.1 Å². The zero-order chi connectivity index (χ0) is 23.2. The number of likely N-dealkylation sites (tertiary alicyclic amines) is 1. The minimum Gasteiger partial charge on any atom is -0.336 e. The summed E-state index contributed by atoms with van der Waals surface area (Å²) in [6, 6.07) is 9.15. The van der Waals surface area contributed by atoms with Gasteiger partial charge in [0.05, 0.1) is 19.0 Å². The summed E-state index contributed by atoms with van der Waals surface area (Å²) in [7, 11) is 0. The fourth-order valence-corrected chi connectivity index (χ4v) is 7.18. The number of hydrogen-bond acceptors (Lipinski definition) is 4. The van der Waals surface area contributed by atoms with Crippen LogP contribution in [0.4, 0.5) is 4.79 Å². The Morgan fingerprint density at radius 2 is 1.91 bits per heavy atom. The van der Waals surface area contributed by atoms with Gasteiger partial charge in [-0.05, 0) is 56.0 Å². The molecule has 4 saturated heterocycles. The molecule has 5 aliphatic rings. The van der Waals surface area contributed by atoms with E-state index in [4.69, 9.17) is 0 Å². The van der Waals surface area contributed by atoms with Crippen molar-refractivity contribution in [2.75, 3.05) is 19.6 Å². The largest absolute Gasteiger partial charge is 0.336 e. The van der Waals surface area contributed by atoms with Gasteiger partial charge in [-0.2, -0.15) is 0 Å². The lowest BCUT2D eigenvalue weighted by molar-refractivity contribution is -0.139. The zero-order valence-corrected chi connectivity index (χ0v) is 19.7. The lowest BCUT2D eigenvalue weighted by atomic mass is 9.68. The van der Waals surface area contributed by atoms with E-state index in [-0.39, 0.29) is 30.8 Å². The molecule has 2 bridgehead atoms. The number of urea groups is 1. The van der Waals surface area contributed by atoms with E-state index in [1.54, 1.807) is 0 Å². The Labute approximate surface area is 201 Å². The number of benzene rings is 1. The van der Waals surface area contributed by atoms with E-state index >= 15 is 0 Å². The molecule has 0 radical (unpaired) electrons. The molecule has 0 saturated carbocycles. The lowest BCUT2D eigenvalue weighted by Gasteiger charge is -2.54. The van der Waals surface area contributed by atoms with Crippen molar-refractivity contribution in [3.63, 3.8) is 0 Å². The monoisotopic (exact) mass is 462 g/mol. The molecule has 1 aliphatic carbocycles. The van der Waals surface area contributed by atoms with Crippen LogP contribution in [-0.4, -0.2) is 70.3 Å².